The Kier molecular flexibility index (Phi) is 3.16. The highest BCUT2D eigenvalue weighted by Gasteiger charge is 2.41. The average molecular weight is 339 g/mol. The van der Waals surface area contributed by atoms with Crippen LogP contribution in [0.2, 0.25) is 0 Å². The Labute approximate surface area is 144 Å². The third kappa shape index (κ3) is 2.50. The van der Waals surface area contributed by atoms with E-state index in [2.05, 4.69) is 24.8 Å². The predicted molar refractivity (Wildman–Crippen MR) is 92.1 cm³/mol. The van der Waals surface area contributed by atoms with E-state index in [0.717, 1.165) is 37.7 Å². The zero-order valence-electron chi connectivity index (χ0n) is 13.9. The molecule has 1 aromatic carbocycles. The first kappa shape index (κ1) is 14.6. The quantitative estimate of drug-likeness (QED) is 0.715. The molecule has 2 atom stereocenters. The molecule has 7 heteroatoms. The van der Waals surface area contributed by atoms with Gasteiger partial charge in [-0.2, -0.15) is 4.98 Å². The van der Waals surface area contributed by atoms with Gasteiger partial charge in [-0.1, -0.05) is 0 Å². The molecule has 0 aliphatic carbocycles. The third-order valence-corrected chi connectivity index (χ3v) is 5.21. The molecular weight excluding hydrogens is 321 g/mol. The fourth-order valence-corrected chi connectivity index (χ4v) is 3.97. The van der Waals surface area contributed by atoms with Gasteiger partial charge in [-0.15, -0.1) is 0 Å². The molecule has 2 unspecified atom stereocenters. The zero-order chi connectivity index (χ0) is 17.0. The number of aryl methyl sites for hydroxylation is 1. The Morgan fingerprint density at radius 2 is 1.80 bits per heavy atom. The monoisotopic (exact) mass is 339 g/mol. The van der Waals surface area contributed by atoms with Gasteiger partial charge >= 0.3 is 0 Å². The van der Waals surface area contributed by atoms with Crippen molar-refractivity contribution >= 4 is 22.9 Å². The lowest BCUT2D eigenvalue weighted by molar-refractivity contribution is 0.533. The Hall–Kier alpha value is -2.70. The Morgan fingerprint density at radius 1 is 1.04 bits per heavy atom. The van der Waals surface area contributed by atoms with Crippen LogP contribution in [0, 0.1) is 24.6 Å². The number of fused-ring (bicyclic) bond motifs is 2. The summed E-state index contributed by atoms with van der Waals surface area (Å²) in [6.45, 7) is 5.75. The summed E-state index contributed by atoms with van der Waals surface area (Å²) in [5, 5.41) is 0. The van der Waals surface area contributed by atoms with Crippen molar-refractivity contribution in [2.75, 3.05) is 36.0 Å². The van der Waals surface area contributed by atoms with Crippen LogP contribution in [0.5, 0.6) is 0 Å². The normalized spacial score (nSPS) is 22.8. The molecule has 128 valence electrons. The lowest BCUT2D eigenvalue weighted by Crippen LogP contribution is -2.29. The van der Waals surface area contributed by atoms with Gasteiger partial charge in [0.05, 0.1) is 0 Å². The van der Waals surface area contributed by atoms with E-state index in [1.54, 1.807) is 12.4 Å². The molecule has 0 spiro atoms. The van der Waals surface area contributed by atoms with Gasteiger partial charge in [0.1, 0.15) is 23.5 Å². The van der Waals surface area contributed by atoms with Gasteiger partial charge in [-0.25, -0.2) is 14.4 Å². The Balaban J connectivity index is 1.33. The Bertz CT molecular complexity index is 928. The third-order valence-electron chi connectivity index (χ3n) is 5.21. The number of halogens is 1. The maximum absolute atomic E-state index is 13.3. The Morgan fingerprint density at radius 3 is 2.56 bits per heavy atom. The molecule has 2 fully saturated rings. The number of hydrogen-bond acceptors (Lipinski definition) is 6. The van der Waals surface area contributed by atoms with Gasteiger partial charge in [0.2, 0.25) is 0 Å². The number of nitrogens with zero attached hydrogens (tertiary/aromatic N) is 5. The second kappa shape index (κ2) is 5.40. The summed E-state index contributed by atoms with van der Waals surface area (Å²) in [5.74, 6) is 1.82. The first-order valence-electron chi connectivity index (χ1n) is 8.50. The van der Waals surface area contributed by atoms with Crippen molar-refractivity contribution in [3.05, 3.63) is 42.1 Å². The van der Waals surface area contributed by atoms with E-state index in [1.807, 2.05) is 13.0 Å². The van der Waals surface area contributed by atoms with E-state index < -0.39 is 0 Å². The van der Waals surface area contributed by atoms with Gasteiger partial charge in [-0.3, -0.25) is 0 Å². The molecule has 6 nitrogen and oxygen atoms in total. The van der Waals surface area contributed by atoms with E-state index in [1.165, 1.54) is 12.1 Å². The van der Waals surface area contributed by atoms with E-state index in [4.69, 9.17) is 4.42 Å². The number of rotatable bonds is 2. The van der Waals surface area contributed by atoms with Crippen LogP contribution in [0.3, 0.4) is 0 Å². The van der Waals surface area contributed by atoms with Crippen molar-refractivity contribution in [2.45, 2.75) is 6.92 Å². The number of aromatic nitrogens is 3. The van der Waals surface area contributed by atoms with Gasteiger partial charge in [0.15, 0.2) is 5.58 Å². The molecule has 2 saturated heterocycles. The van der Waals surface area contributed by atoms with E-state index >= 15 is 0 Å². The van der Waals surface area contributed by atoms with E-state index in [0.29, 0.717) is 29.0 Å². The average Bonchev–Trinajstić information content (AvgIpc) is 3.26. The molecular formula is C18H18FN5O. The molecule has 5 rings (SSSR count). The summed E-state index contributed by atoms with van der Waals surface area (Å²) in [4.78, 5) is 17.6. The van der Waals surface area contributed by atoms with Gasteiger partial charge in [0, 0.05) is 55.8 Å². The molecule has 3 aromatic rings. The first-order valence-corrected chi connectivity index (χ1v) is 8.50. The lowest BCUT2D eigenvalue weighted by Gasteiger charge is -2.21. The summed E-state index contributed by atoms with van der Waals surface area (Å²) in [7, 11) is 0. The largest absolute Gasteiger partial charge is 0.423 e. The van der Waals surface area contributed by atoms with Crippen molar-refractivity contribution in [3.8, 4) is 0 Å². The van der Waals surface area contributed by atoms with Crippen LogP contribution < -0.4 is 9.80 Å². The molecule has 25 heavy (non-hydrogen) atoms. The highest BCUT2D eigenvalue weighted by molar-refractivity contribution is 5.74. The van der Waals surface area contributed by atoms with Gasteiger partial charge < -0.3 is 14.2 Å². The van der Waals surface area contributed by atoms with Crippen LogP contribution in [-0.4, -0.2) is 41.1 Å². The van der Waals surface area contributed by atoms with Crippen molar-refractivity contribution in [3.63, 3.8) is 0 Å². The van der Waals surface area contributed by atoms with Crippen LogP contribution in [-0.2, 0) is 0 Å². The summed E-state index contributed by atoms with van der Waals surface area (Å²) in [5.41, 5.74) is 2.19. The highest BCUT2D eigenvalue weighted by atomic mass is 19.1. The summed E-state index contributed by atoms with van der Waals surface area (Å²) in [6, 6.07) is 7.10. The number of benzene rings is 1. The maximum atomic E-state index is 13.3. The summed E-state index contributed by atoms with van der Waals surface area (Å²) < 4.78 is 19.1. The molecule has 0 saturated carbocycles. The molecule has 0 N–H and O–H groups in total. The van der Waals surface area contributed by atoms with Crippen molar-refractivity contribution in [2.24, 2.45) is 11.8 Å². The summed E-state index contributed by atoms with van der Waals surface area (Å²) >= 11 is 0. The summed E-state index contributed by atoms with van der Waals surface area (Å²) in [6.07, 6.45) is 1.63. The second-order valence-corrected chi connectivity index (χ2v) is 6.96. The molecule has 0 bridgehead atoms. The van der Waals surface area contributed by atoms with Crippen molar-refractivity contribution in [1.29, 1.82) is 0 Å². The second-order valence-electron chi connectivity index (χ2n) is 6.96. The van der Waals surface area contributed by atoms with Gasteiger partial charge in [0.25, 0.3) is 6.01 Å². The fourth-order valence-electron chi connectivity index (χ4n) is 3.97. The SMILES string of the molecule is Cc1cc(N2CC3CN(c4nc5ccc(F)cc5o4)CC3C2)ncn1. The lowest BCUT2D eigenvalue weighted by atomic mass is 10.0. The van der Waals surface area contributed by atoms with Crippen LogP contribution in [0.25, 0.3) is 11.1 Å². The minimum absolute atomic E-state index is 0.302. The smallest absolute Gasteiger partial charge is 0.298 e. The minimum atomic E-state index is -0.302. The van der Waals surface area contributed by atoms with E-state index in [9.17, 15) is 4.39 Å². The molecule has 0 radical (unpaired) electrons. The molecule has 2 aliphatic rings. The maximum Gasteiger partial charge on any atom is 0.298 e. The molecule has 2 aromatic heterocycles. The first-order chi connectivity index (χ1) is 12.2. The zero-order valence-corrected chi connectivity index (χ0v) is 13.9. The highest BCUT2D eigenvalue weighted by Crippen LogP contribution is 2.36. The predicted octanol–water partition coefficient (Wildman–Crippen LogP) is 2.64. The number of anilines is 2. The number of oxazole rings is 1. The van der Waals surface area contributed by atoms with Crippen molar-refractivity contribution in [1.82, 2.24) is 15.0 Å². The number of hydrogen-bond donors (Lipinski definition) is 0. The van der Waals surface area contributed by atoms with Crippen LogP contribution in [0.4, 0.5) is 16.2 Å². The topological polar surface area (TPSA) is 58.3 Å². The molecule has 0 amide bonds. The van der Waals surface area contributed by atoms with Crippen LogP contribution >= 0.6 is 0 Å². The van der Waals surface area contributed by atoms with Gasteiger partial charge in [-0.05, 0) is 19.1 Å². The molecule has 2 aliphatic heterocycles. The van der Waals surface area contributed by atoms with Crippen LogP contribution in [0.15, 0.2) is 35.0 Å². The van der Waals surface area contributed by atoms with E-state index in [-0.39, 0.29) is 5.82 Å². The molecule has 4 heterocycles. The minimum Gasteiger partial charge on any atom is -0.423 e. The van der Waals surface area contributed by atoms with Crippen molar-refractivity contribution < 1.29 is 8.81 Å². The van der Waals surface area contributed by atoms with Crippen LogP contribution in [0.1, 0.15) is 5.69 Å². The standard InChI is InChI=1S/C18H18FN5O/c1-11-4-17(21-10-20-11)23-6-12-8-24(9-13(12)7-23)18-22-15-3-2-14(19)5-16(15)25-18/h2-5,10,12-13H,6-9H2,1H3. The fraction of sp³-hybridized carbons (Fsp3) is 0.389.